The molecule has 0 fully saturated rings. The number of hydrogen-bond donors (Lipinski definition) is 1. The largest absolute Gasteiger partial charge is 0.434 e. The van der Waals surface area contributed by atoms with Gasteiger partial charge in [0.1, 0.15) is 17.0 Å². The molecule has 1 aromatic carbocycles. The van der Waals surface area contributed by atoms with Crippen LogP contribution in [-0.2, 0) is 6.54 Å². The number of carbonyl (C=O) groups is 1. The highest BCUT2D eigenvalue weighted by Gasteiger charge is 2.21. The third kappa shape index (κ3) is 5.12. The van der Waals surface area contributed by atoms with Crippen LogP contribution in [0.2, 0.25) is 5.02 Å². The number of ether oxygens (including phenoxy) is 1. The summed E-state index contributed by atoms with van der Waals surface area (Å²) in [6, 6.07) is 5.86. The monoisotopic (exact) mass is 492 g/mol. The lowest BCUT2D eigenvalue weighted by Crippen LogP contribution is -2.12. The fourth-order valence-electron chi connectivity index (χ4n) is 3.11. The average Bonchev–Trinajstić information content (AvgIpc) is 3.39. The average molecular weight is 493 g/mol. The zero-order valence-corrected chi connectivity index (χ0v) is 18.3. The van der Waals surface area contributed by atoms with E-state index < -0.39 is 12.5 Å². The number of aromatic nitrogens is 5. The van der Waals surface area contributed by atoms with Gasteiger partial charge in [0.15, 0.2) is 5.65 Å². The van der Waals surface area contributed by atoms with Crippen molar-refractivity contribution >= 4 is 40.4 Å². The van der Waals surface area contributed by atoms with E-state index in [9.17, 15) is 13.6 Å². The molecule has 3 heterocycles. The maximum Gasteiger partial charge on any atom is 0.387 e. The predicted octanol–water partition coefficient (Wildman–Crippen LogP) is 4.89. The Morgan fingerprint density at radius 3 is 2.94 bits per heavy atom. The molecule has 0 atom stereocenters. The first kappa shape index (κ1) is 22.7. The Bertz CT molecular complexity index is 1320. The smallest absolute Gasteiger partial charge is 0.387 e. The van der Waals surface area contributed by atoms with Gasteiger partial charge in [-0.3, -0.25) is 9.48 Å². The van der Waals surface area contributed by atoms with E-state index >= 15 is 0 Å². The van der Waals surface area contributed by atoms with Crippen LogP contribution in [-0.4, -0.2) is 42.8 Å². The lowest BCUT2D eigenvalue weighted by Gasteiger charge is -2.11. The van der Waals surface area contributed by atoms with Crippen molar-refractivity contribution in [3.05, 3.63) is 71.8 Å². The molecule has 170 valence electrons. The summed E-state index contributed by atoms with van der Waals surface area (Å²) >= 11 is 11.8. The molecule has 0 radical (unpaired) electrons. The highest BCUT2D eigenvalue weighted by atomic mass is 35.5. The Hall–Kier alpha value is -3.50. The minimum Gasteiger partial charge on any atom is -0.434 e. The van der Waals surface area contributed by atoms with Gasteiger partial charge in [0.05, 0.1) is 18.4 Å². The van der Waals surface area contributed by atoms with Gasteiger partial charge < -0.3 is 10.1 Å². The molecule has 4 rings (SSSR count). The van der Waals surface area contributed by atoms with Crippen LogP contribution >= 0.6 is 23.2 Å². The minimum absolute atomic E-state index is 0.135. The predicted molar refractivity (Wildman–Crippen MR) is 120 cm³/mol. The first-order chi connectivity index (χ1) is 16.0. The molecular weight excluding hydrogens is 477 g/mol. The van der Waals surface area contributed by atoms with Crippen LogP contribution in [0.3, 0.4) is 0 Å². The number of carbonyl (C=O) groups excluding carboxylic acids is 1. The van der Waals surface area contributed by atoms with Crippen molar-refractivity contribution in [1.82, 2.24) is 24.4 Å². The summed E-state index contributed by atoms with van der Waals surface area (Å²) in [5, 5.41) is 11.6. The third-order valence-electron chi connectivity index (χ3n) is 4.49. The fourth-order valence-corrected chi connectivity index (χ4v) is 3.41. The summed E-state index contributed by atoms with van der Waals surface area (Å²) in [5.41, 5.74) is 1.24. The van der Waals surface area contributed by atoms with Crippen LogP contribution < -0.4 is 10.1 Å². The lowest BCUT2D eigenvalue weighted by atomic mass is 10.1. The second kappa shape index (κ2) is 9.97. The van der Waals surface area contributed by atoms with Crippen molar-refractivity contribution < 1.29 is 18.3 Å². The molecule has 0 aliphatic rings. The van der Waals surface area contributed by atoms with Crippen molar-refractivity contribution in [3.63, 3.8) is 0 Å². The van der Waals surface area contributed by atoms with Crippen molar-refractivity contribution in [2.45, 2.75) is 13.2 Å². The van der Waals surface area contributed by atoms with Gasteiger partial charge in [-0.1, -0.05) is 23.8 Å². The number of benzene rings is 1. The number of fused-ring (bicyclic) bond motifs is 1. The molecule has 0 aliphatic carbocycles. The van der Waals surface area contributed by atoms with Gasteiger partial charge in [0, 0.05) is 35.1 Å². The fraction of sp³-hybridized carbons (Fsp3) is 0.143. The molecule has 8 nitrogen and oxygen atoms in total. The molecule has 0 aliphatic heterocycles. The number of nitrogens with one attached hydrogen (secondary N) is 1. The van der Waals surface area contributed by atoms with Crippen LogP contribution in [0, 0.1) is 0 Å². The quantitative estimate of drug-likeness (QED) is 0.279. The normalized spacial score (nSPS) is 11.5. The summed E-state index contributed by atoms with van der Waals surface area (Å²) in [7, 11) is 0. The molecule has 0 spiro atoms. The molecule has 1 N–H and O–H groups in total. The zero-order valence-electron chi connectivity index (χ0n) is 16.8. The SMILES string of the molecule is O=C(Nc1cn(C/C=C/CCl)nc1-c1cc(Cl)ccc1OC(F)F)c1cnn2cccnc12. The number of nitrogens with zero attached hydrogens (tertiary/aromatic N) is 5. The van der Waals surface area contributed by atoms with Gasteiger partial charge in [0.2, 0.25) is 0 Å². The molecule has 1 amide bonds. The minimum atomic E-state index is -3.05. The Morgan fingerprint density at radius 2 is 2.15 bits per heavy atom. The molecule has 4 aromatic rings. The second-order valence-electron chi connectivity index (χ2n) is 6.66. The summed E-state index contributed by atoms with van der Waals surface area (Å²) in [6.07, 6.45) is 9.66. The van der Waals surface area contributed by atoms with E-state index in [2.05, 4.69) is 25.2 Å². The van der Waals surface area contributed by atoms with Gasteiger partial charge in [0.25, 0.3) is 5.91 Å². The van der Waals surface area contributed by atoms with Crippen molar-refractivity contribution in [1.29, 1.82) is 0 Å². The van der Waals surface area contributed by atoms with E-state index in [0.717, 1.165) is 0 Å². The number of halogens is 4. The van der Waals surface area contributed by atoms with Crippen molar-refractivity contribution in [2.24, 2.45) is 0 Å². The van der Waals surface area contributed by atoms with Crippen LogP contribution in [0.1, 0.15) is 10.4 Å². The van der Waals surface area contributed by atoms with E-state index in [4.69, 9.17) is 23.2 Å². The van der Waals surface area contributed by atoms with E-state index in [1.807, 2.05) is 0 Å². The molecule has 0 saturated carbocycles. The molecule has 0 unspecified atom stereocenters. The maximum atomic E-state index is 13.0. The van der Waals surface area contributed by atoms with E-state index in [1.165, 1.54) is 33.6 Å². The summed E-state index contributed by atoms with van der Waals surface area (Å²) in [5.74, 6) is -0.316. The highest BCUT2D eigenvalue weighted by Crippen LogP contribution is 2.37. The van der Waals surface area contributed by atoms with Crippen LogP contribution in [0.4, 0.5) is 14.5 Å². The van der Waals surface area contributed by atoms with Crippen LogP contribution in [0.15, 0.2) is 61.2 Å². The van der Waals surface area contributed by atoms with Gasteiger partial charge >= 0.3 is 6.61 Å². The summed E-state index contributed by atoms with van der Waals surface area (Å²) < 4.78 is 33.6. The first-order valence-corrected chi connectivity index (χ1v) is 10.5. The van der Waals surface area contributed by atoms with Gasteiger partial charge in [-0.05, 0) is 24.3 Å². The Balaban J connectivity index is 1.75. The van der Waals surface area contributed by atoms with E-state index in [-0.39, 0.29) is 33.3 Å². The summed E-state index contributed by atoms with van der Waals surface area (Å²) in [4.78, 5) is 17.2. The number of alkyl halides is 3. The number of anilines is 1. The zero-order chi connectivity index (χ0) is 23.4. The van der Waals surface area contributed by atoms with Gasteiger partial charge in [-0.25, -0.2) is 9.50 Å². The van der Waals surface area contributed by atoms with Gasteiger partial charge in [-0.2, -0.15) is 19.0 Å². The Morgan fingerprint density at radius 1 is 1.30 bits per heavy atom. The third-order valence-corrected chi connectivity index (χ3v) is 4.91. The molecule has 0 bridgehead atoms. The molecule has 12 heteroatoms. The lowest BCUT2D eigenvalue weighted by molar-refractivity contribution is -0.0494. The van der Waals surface area contributed by atoms with Crippen LogP contribution in [0.5, 0.6) is 5.75 Å². The molecule has 33 heavy (non-hydrogen) atoms. The summed E-state index contributed by atoms with van der Waals surface area (Å²) in [6.45, 7) is -2.72. The highest BCUT2D eigenvalue weighted by molar-refractivity contribution is 6.31. The first-order valence-electron chi connectivity index (χ1n) is 9.59. The van der Waals surface area contributed by atoms with E-state index in [0.29, 0.717) is 18.1 Å². The van der Waals surface area contributed by atoms with Crippen LogP contribution in [0.25, 0.3) is 16.9 Å². The van der Waals surface area contributed by atoms with E-state index in [1.54, 1.807) is 36.8 Å². The van der Waals surface area contributed by atoms with Crippen molar-refractivity contribution in [3.8, 4) is 17.0 Å². The number of rotatable bonds is 8. The molecule has 3 aromatic heterocycles. The standard InChI is InChI=1S/C21H16Cl2F2N6O2/c22-6-1-2-8-30-12-16(28-20(32)15-11-27-31-9-3-7-26-19(15)31)18(29-30)14-10-13(23)4-5-17(14)33-21(24)25/h1-5,7,9-12,21H,6,8H2,(H,28,32)/b2-1+. The molecule has 0 saturated heterocycles. The number of hydrogen-bond acceptors (Lipinski definition) is 5. The topological polar surface area (TPSA) is 86.3 Å². The Labute approximate surface area is 196 Å². The number of amides is 1. The number of allylic oxidation sites excluding steroid dienone is 2. The molecular formula is C21H16Cl2F2N6O2. The Kier molecular flexibility index (Phi) is 6.85. The second-order valence-corrected chi connectivity index (χ2v) is 7.40. The maximum absolute atomic E-state index is 13.0. The van der Waals surface area contributed by atoms with Crippen molar-refractivity contribution in [2.75, 3.05) is 11.2 Å². The van der Waals surface area contributed by atoms with Gasteiger partial charge in [-0.15, -0.1) is 11.6 Å².